The second kappa shape index (κ2) is 6.23. The highest BCUT2D eigenvalue weighted by Gasteiger charge is 2.48. The van der Waals surface area contributed by atoms with Crippen LogP contribution in [0.2, 0.25) is 0 Å². The lowest BCUT2D eigenvalue weighted by Crippen LogP contribution is -2.27. The summed E-state index contributed by atoms with van der Waals surface area (Å²) >= 11 is 0. The highest BCUT2D eigenvalue weighted by Crippen LogP contribution is 2.32. The first-order valence-corrected chi connectivity index (χ1v) is 6.80. The quantitative estimate of drug-likeness (QED) is 0.644. The first kappa shape index (κ1) is 16.4. The topological polar surface area (TPSA) is 80.7 Å². The number of rotatable bonds is 6. The van der Waals surface area contributed by atoms with Crippen LogP contribution in [0, 0.1) is 0 Å². The van der Waals surface area contributed by atoms with Crippen molar-refractivity contribution >= 4 is 16.1 Å². The molecule has 0 aliphatic heterocycles. The number of alkyl halides is 3. The fraction of sp³-hybridized carbons (Fsp3) is 0.364. The monoisotopic (exact) mass is 312 g/mol. The lowest BCUT2D eigenvalue weighted by atomic mass is 10.1. The zero-order chi connectivity index (χ0) is 15.4. The molecule has 1 rings (SSSR count). The van der Waals surface area contributed by atoms with Gasteiger partial charge in [-0.15, -0.1) is 0 Å². The van der Waals surface area contributed by atoms with E-state index in [0.29, 0.717) is 0 Å². The molecule has 0 spiro atoms. The number of hydrogen-bond acceptors (Lipinski definition) is 4. The summed E-state index contributed by atoms with van der Waals surface area (Å²) in [5.74, 6) is -1.26. The van der Waals surface area contributed by atoms with Gasteiger partial charge in [0.05, 0.1) is 0 Å². The third-order valence-electron chi connectivity index (χ3n) is 2.32. The van der Waals surface area contributed by atoms with E-state index in [1.165, 1.54) is 24.3 Å². The van der Waals surface area contributed by atoms with Crippen molar-refractivity contribution in [2.45, 2.75) is 24.5 Å². The predicted molar refractivity (Wildman–Crippen MR) is 62.1 cm³/mol. The Labute approximate surface area is 113 Å². The molecule has 0 bridgehead atoms. The summed E-state index contributed by atoms with van der Waals surface area (Å²) in [4.78, 5) is 10.5. The maximum atomic E-state index is 12.3. The average molecular weight is 312 g/mol. The van der Waals surface area contributed by atoms with Crippen LogP contribution in [-0.2, 0) is 19.1 Å². The van der Waals surface area contributed by atoms with Gasteiger partial charge in [-0.2, -0.15) is 21.6 Å². The van der Waals surface area contributed by atoms with E-state index in [-0.39, 0.29) is 5.56 Å². The fourth-order valence-corrected chi connectivity index (χ4v) is 2.02. The van der Waals surface area contributed by atoms with Crippen molar-refractivity contribution in [3.8, 4) is 0 Å². The van der Waals surface area contributed by atoms with E-state index in [2.05, 4.69) is 4.18 Å². The molecular formula is C11H11F3O5S. The number of carboxylic acid groups (broad SMARTS) is 1. The van der Waals surface area contributed by atoms with E-state index < -0.39 is 40.5 Å². The molecule has 1 N–H and O–H groups in total. The molecule has 0 aromatic heterocycles. The molecule has 0 aliphatic carbocycles. The van der Waals surface area contributed by atoms with E-state index in [1.54, 1.807) is 6.07 Å². The zero-order valence-corrected chi connectivity index (χ0v) is 10.8. The molecule has 112 valence electrons. The number of hydrogen-bond donors (Lipinski definition) is 1. The molecule has 1 aromatic rings. The lowest BCUT2D eigenvalue weighted by Gasteiger charge is -2.18. The Balaban J connectivity index is 2.98. The van der Waals surface area contributed by atoms with Crippen molar-refractivity contribution in [3.05, 3.63) is 35.9 Å². The van der Waals surface area contributed by atoms with Gasteiger partial charge in [0.25, 0.3) is 0 Å². The molecule has 1 unspecified atom stereocenters. The van der Waals surface area contributed by atoms with Crippen molar-refractivity contribution < 1.29 is 35.7 Å². The number of aliphatic carboxylic acids is 1. The van der Waals surface area contributed by atoms with E-state index in [9.17, 15) is 26.4 Å². The van der Waals surface area contributed by atoms with Crippen LogP contribution in [0.15, 0.2) is 30.3 Å². The molecule has 1 atom stereocenters. The minimum absolute atomic E-state index is 0.154. The maximum Gasteiger partial charge on any atom is 0.523 e. The smallest absolute Gasteiger partial charge is 0.481 e. The third-order valence-corrected chi connectivity index (χ3v) is 3.37. The summed E-state index contributed by atoms with van der Waals surface area (Å²) in [7, 11) is -5.79. The molecule has 0 aliphatic rings. The van der Waals surface area contributed by atoms with Crippen molar-refractivity contribution in [3.63, 3.8) is 0 Å². The summed E-state index contributed by atoms with van der Waals surface area (Å²) in [5.41, 5.74) is -5.40. The van der Waals surface area contributed by atoms with Gasteiger partial charge in [-0.05, 0) is 12.0 Å². The van der Waals surface area contributed by atoms with Crippen molar-refractivity contribution in [1.29, 1.82) is 0 Å². The number of halogens is 3. The van der Waals surface area contributed by atoms with Gasteiger partial charge in [0.15, 0.2) is 0 Å². The second-order valence-electron chi connectivity index (χ2n) is 3.83. The molecule has 5 nitrogen and oxygen atoms in total. The van der Waals surface area contributed by atoms with Gasteiger partial charge < -0.3 is 5.11 Å². The Hall–Kier alpha value is -1.61. The molecule has 0 saturated carbocycles. The third kappa shape index (κ3) is 4.49. The van der Waals surface area contributed by atoms with Crippen LogP contribution in [-0.4, -0.2) is 25.0 Å². The number of carboxylic acids is 1. The number of benzene rings is 1. The Morgan fingerprint density at radius 3 is 2.25 bits per heavy atom. The Kier molecular flexibility index (Phi) is 5.12. The standard InChI is InChI=1S/C11H11F3O5S/c12-11(13,14)20(17,18)19-9(6-7-10(15)16)8-4-2-1-3-5-8/h1-5,9H,6-7H2,(H,15,16). The molecule has 1 aromatic carbocycles. The normalized spacial score (nSPS) is 13.9. The molecular weight excluding hydrogens is 301 g/mol. The van der Waals surface area contributed by atoms with E-state index in [1.807, 2.05) is 0 Å². The minimum atomic E-state index is -5.79. The van der Waals surface area contributed by atoms with Crippen molar-refractivity contribution in [2.24, 2.45) is 0 Å². The van der Waals surface area contributed by atoms with Crippen LogP contribution in [0.3, 0.4) is 0 Å². The van der Waals surface area contributed by atoms with Crippen LogP contribution in [0.25, 0.3) is 0 Å². The summed E-state index contributed by atoms with van der Waals surface area (Å²) < 4.78 is 62.9. The molecule has 0 heterocycles. The fourth-order valence-electron chi connectivity index (χ4n) is 1.40. The van der Waals surface area contributed by atoms with Crippen LogP contribution in [0.5, 0.6) is 0 Å². The zero-order valence-electron chi connectivity index (χ0n) is 10.0. The molecule has 20 heavy (non-hydrogen) atoms. The first-order chi connectivity index (χ1) is 9.13. The van der Waals surface area contributed by atoms with Crippen LogP contribution < -0.4 is 0 Å². The molecule has 0 radical (unpaired) electrons. The van der Waals surface area contributed by atoms with Crippen LogP contribution in [0.1, 0.15) is 24.5 Å². The average Bonchev–Trinajstić information content (AvgIpc) is 2.34. The van der Waals surface area contributed by atoms with Gasteiger partial charge in [-0.3, -0.25) is 8.98 Å². The first-order valence-electron chi connectivity index (χ1n) is 5.40. The Morgan fingerprint density at radius 1 is 1.25 bits per heavy atom. The molecule has 0 amide bonds. The predicted octanol–water partition coefficient (Wildman–Crippen LogP) is 2.46. The Morgan fingerprint density at radius 2 is 1.80 bits per heavy atom. The van der Waals surface area contributed by atoms with E-state index in [0.717, 1.165) is 0 Å². The summed E-state index contributed by atoms with van der Waals surface area (Å²) in [6.07, 6.45) is -2.42. The Bertz CT molecular complexity index is 553. The van der Waals surface area contributed by atoms with Gasteiger partial charge in [0, 0.05) is 6.42 Å². The lowest BCUT2D eigenvalue weighted by molar-refractivity contribution is -0.137. The SMILES string of the molecule is O=C(O)CCC(OS(=O)(=O)C(F)(F)F)c1ccccc1. The number of carbonyl (C=O) groups is 1. The van der Waals surface area contributed by atoms with Gasteiger partial charge >= 0.3 is 21.6 Å². The van der Waals surface area contributed by atoms with E-state index in [4.69, 9.17) is 5.11 Å². The molecule has 0 fully saturated rings. The minimum Gasteiger partial charge on any atom is -0.481 e. The van der Waals surface area contributed by atoms with Gasteiger partial charge in [0.2, 0.25) is 0 Å². The maximum absolute atomic E-state index is 12.3. The van der Waals surface area contributed by atoms with Crippen molar-refractivity contribution in [1.82, 2.24) is 0 Å². The largest absolute Gasteiger partial charge is 0.523 e. The van der Waals surface area contributed by atoms with Crippen LogP contribution in [0.4, 0.5) is 13.2 Å². The summed E-state index contributed by atoms with van der Waals surface area (Å²) in [6.45, 7) is 0. The second-order valence-corrected chi connectivity index (χ2v) is 5.39. The highest BCUT2D eigenvalue weighted by atomic mass is 32.2. The van der Waals surface area contributed by atoms with Gasteiger partial charge in [-0.1, -0.05) is 30.3 Å². The summed E-state index contributed by atoms with van der Waals surface area (Å²) in [6, 6.07) is 7.26. The van der Waals surface area contributed by atoms with Crippen LogP contribution >= 0.6 is 0 Å². The van der Waals surface area contributed by atoms with Crippen molar-refractivity contribution in [2.75, 3.05) is 0 Å². The van der Waals surface area contributed by atoms with E-state index >= 15 is 0 Å². The summed E-state index contributed by atoms with van der Waals surface area (Å²) in [5, 5.41) is 8.54. The molecule has 9 heteroatoms. The molecule has 0 saturated heterocycles. The highest BCUT2D eigenvalue weighted by molar-refractivity contribution is 7.87. The van der Waals surface area contributed by atoms with Gasteiger partial charge in [-0.25, -0.2) is 0 Å². The van der Waals surface area contributed by atoms with Gasteiger partial charge in [0.1, 0.15) is 6.10 Å².